The molecule has 2 aromatic rings. The van der Waals surface area contributed by atoms with Gasteiger partial charge in [-0.15, -0.1) is 0 Å². The summed E-state index contributed by atoms with van der Waals surface area (Å²) in [5.74, 6) is 0. The van der Waals surface area contributed by atoms with E-state index in [1.807, 2.05) is 18.2 Å². The Morgan fingerprint density at radius 3 is 3.12 bits per heavy atom. The van der Waals surface area contributed by atoms with E-state index in [9.17, 15) is 0 Å². The molecule has 0 radical (unpaired) electrons. The van der Waals surface area contributed by atoms with Crippen LogP contribution in [0.1, 0.15) is 11.3 Å². The van der Waals surface area contributed by atoms with Gasteiger partial charge in [0.25, 0.3) is 0 Å². The van der Waals surface area contributed by atoms with Gasteiger partial charge in [0.1, 0.15) is 0 Å². The quantitative estimate of drug-likeness (QED) is 0.733. The molecule has 2 heterocycles. The van der Waals surface area contributed by atoms with Gasteiger partial charge in [0.15, 0.2) is 0 Å². The fourth-order valence-corrected chi connectivity index (χ4v) is 2.51. The van der Waals surface area contributed by atoms with Gasteiger partial charge in [-0.25, -0.2) is 0 Å². The fourth-order valence-electron chi connectivity index (χ4n) is 2.24. The van der Waals surface area contributed by atoms with Crippen molar-refractivity contribution < 1.29 is 0 Å². The minimum atomic E-state index is 0.684. The van der Waals surface area contributed by atoms with Crippen LogP contribution in [0.4, 0.5) is 5.69 Å². The summed E-state index contributed by atoms with van der Waals surface area (Å²) in [6, 6.07) is 5.71. The first-order valence-corrected chi connectivity index (χ1v) is 5.71. The normalized spacial score (nSPS) is 15.1. The highest BCUT2D eigenvalue weighted by Crippen LogP contribution is 2.32. The molecule has 1 aliphatic rings. The highest BCUT2D eigenvalue weighted by Gasteiger charge is 2.17. The molecular weight excluding hydrogens is 222 g/mol. The molecule has 0 saturated heterocycles. The van der Waals surface area contributed by atoms with E-state index < -0.39 is 0 Å². The Bertz CT molecular complexity index is 566. The van der Waals surface area contributed by atoms with Crippen LogP contribution in [-0.4, -0.2) is 11.5 Å². The van der Waals surface area contributed by atoms with Gasteiger partial charge in [0.2, 0.25) is 0 Å². The minimum absolute atomic E-state index is 0.684. The number of benzene rings is 1. The van der Waals surface area contributed by atoms with Crippen LogP contribution in [0, 0.1) is 0 Å². The van der Waals surface area contributed by atoms with E-state index in [0.717, 1.165) is 47.4 Å². The first-order chi connectivity index (χ1) is 7.77. The molecule has 4 heteroatoms. The topological polar surface area (TPSA) is 50.9 Å². The van der Waals surface area contributed by atoms with E-state index in [1.165, 1.54) is 0 Å². The van der Waals surface area contributed by atoms with E-state index in [1.54, 1.807) is 0 Å². The standard InChI is InChI=1S/C12H12ClN3/c13-8-2-1-3-9-11(8)12(14)7-4-5-15-6-10(7)16-9/h1-3,15H,4-6H2,(H2,14,16). The predicted molar refractivity (Wildman–Crippen MR) is 66.6 cm³/mol. The Kier molecular flexibility index (Phi) is 2.23. The first-order valence-electron chi connectivity index (χ1n) is 5.33. The number of nitrogen functional groups attached to an aromatic ring is 1. The van der Waals surface area contributed by atoms with Crippen LogP contribution in [0.2, 0.25) is 5.02 Å². The summed E-state index contributed by atoms with van der Waals surface area (Å²) in [4.78, 5) is 4.61. The van der Waals surface area contributed by atoms with Gasteiger partial charge in [-0.1, -0.05) is 17.7 Å². The maximum atomic E-state index is 6.19. The molecule has 0 atom stereocenters. The van der Waals surface area contributed by atoms with Gasteiger partial charge in [-0.3, -0.25) is 4.98 Å². The monoisotopic (exact) mass is 233 g/mol. The van der Waals surface area contributed by atoms with Gasteiger partial charge in [0, 0.05) is 17.6 Å². The summed E-state index contributed by atoms with van der Waals surface area (Å²) in [7, 11) is 0. The Morgan fingerprint density at radius 2 is 2.25 bits per heavy atom. The maximum absolute atomic E-state index is 6.19. The Balaban J connectivity index is 2.40. The fraction of sp³-hybridized carbons (Fsp3) is 0.250. The molecule has 0 aliphatic carbocycles. The Hall–Kier alpha value is -1.32. The molecule has 16 heavy (non-hydrogen) atoms. The molecule has 82 valence electrons. The van der Waals surface area contributed by atoms with E-state index in [0.29, 0.717) is 5.02 Å². The van der Waals surface area contributed by atoms with Crippen molar-refractivity contribution in [2.75, 3.05) is 12.3 Å². The van der Waals surface area contributed by atoms with Crippen molar-refractivity contribution in [3.05, 3.63) is 34.5 Å². The number of pyridine rings is 1. The third-order valence-corrected chi connectivity index (χ3v) is 3.35. The van der Waals surface area contributed by atoms with Crippen molar-refractivity contribution in [2.45, 2.75) is 13.0 Å². The third kappa shape index (κ3) is 1.36. The second-order valence-electron chi connectivity index (χ2n) is 4.01. The molecule has 0 saturated carbocycles. The number of hydrogen-bond acceptors (Lipinski definition) is 3. The van der Waals surface area contributed by atoms with Crippen LogP contribution < -0.4 is 11.1 Å². The summed E-state index contributed by atoms with van der Waals surface area (Å²) in [6.45, 7) is 1.75. The zero-order valence-corrected chi connectivity index (χ0v) is 9.51. The van der Waals surface area contributed by atoms with Crippen LogP contribution >= 0.6 is 11.6 Å². The molecule has 1 aromatic heterocycles. The van der Waals surface area contributed by atoms with Gasteiger partial charge < -0.3 is 11.1 Å². The van der Waals surface area contributed by atoms with E-state index >= 15 is 0 Å². The lowest BCUT2D eigenvalue weighted by atomic mass is 10.0. The van der Waals surface area contributed by atoms with Gasteiger partial charge in [-0.05, 0) is 30.7 Å². The third-order valence-electron chi connectivity index (χ3n) is 3.03. The lowest BCUT2D eigenvalue weighted by Crippen LogP contribution is -2.25. The number of nitrogens with one attached hydrogen (secondary N) is 1. The summed E-state index contributed by atoms with van der Waals surface area (Å²) in [6.07, 6.45) is 0.926. The SMILES string of the molecule is Nc1c2c(nc3cccc(Cl)c13)CNCC2. The predicted octanol–water partition coefficient (Wildman–Crippen LogP) is 2.12. The van der Waals surface area contributed by atoms with Crippen molar-refractivity contribution >= 4 is 28.2 Å². The molecule has 3 nitrogen and oxygen atoms in total. The van der Waals surface area contributed by atoms with Crippen molar-refractivity contribution in [3.8, 4) is 0 Å². The molecular formula is C12H12ClN3. The highest BCUT2D eigenvalue weighted by molar-refractivity contribution is 6.36. The highest BCUT2D eigenvalue weighted by atomic mass is 35.5. The molecule has 0 fully saturated rings. The molecule has 1 aliphatic heterocycles. The summed E-state index contributed by atoms with van der Waals surface area (Å²) < 4.78 is 0. The number of halogens is 1. The number of hydrogen-bond donors (Lipinski definition) is 2. The number of anilines is 1. The molecule has 0 unspecified atom stereocenters. The van der Waals surface area contributed by atoms with Crippen LogP contribution in [-0.2, 0) is 13.0 Å². The molecule has 0 bridgehead atoms. The van der Waals surface area contributed by atoms with Crippen molar-refractivity contribution in [3.63, 3.8) is 0 Å². The molecule has 3 N–H and O–H groups in total. The zero-order valence-electron chi connectivity index (χ0n) is 8.76. The number of nitrogens with two attached hydrogens (primary N) is 1. The van der Waals surface area contributed by atoms with Crippen molar-refractivity contribution in [1.82, 2.24) is 10.3 Å². The Morgan fingerprint density at radius 1 is 1.38 bits per heavy atom. The average Bonchev–Trinajstić information content (AvgIpc) is 2.29. The molecule has 0 amide bonds. The second kappa shape index (κ2) is 3.61. The molecule has 3 rings (SSSR count). The van der Waals surface area contributed by atoms with E-state index in [4.69, 9.17) is 17.3 Å². The smallest absolute Gasteiger partial charge is 0.0741 e. The van der Waals surface area contributed by atoms with Crippen LogP contribution in [0.5, 0.6) is 0 Å². The molecule has 0 spiro atoms. The van der Waals surface area contributed by atoms with Gasteiger partial charge >= 0.3 is 0 Å². The Labute approximate surface area is 98.6 Å². The number of aromatic nitrogens is 1. The lowest BCUT2D eigenvalue weighted by molar-refractivity contribution is 0.631. The van der Waals surface area contributed by atoms with Crippen LogP contribution in [0.25, 0.3) is 10.9 Å². The van der Waals surface area contributed by atoms with E-state index in [-0.39, 0.29) is 0 Å². The van der Waals surface area contributed by atoms with Crippen molar-refractivity contribution in [2.24, 2.45) is 0 Å². The van der Waals surface area contributed by atoms with Gasteiger partial charge in [-0.2, -0.15) is 0 Å². The molecule has 1 aromatic carbocycles. The van der Waals surface area contributed by atoms with Gasteiger partial charge in [0.05, 0.1) is 16.2 Å². The summed E-state index contributed by atoms with van der Waals surface area (Å²) in [5.41, 5.74) is 10.1. The van der Waals surface area contributed by atoms with Crippen molar-refractivity contribution in [1.29, 1.82) is 0 Å². The second-order valence-corrected chi connectivity index (χ2v) is 4.42. The lowest BCUT2D eigenvalue weighted by Gasteiger charge is -2.19. The van der Waals surface area contributed by atoms with Crippen LogP contribution in [0.3, 0.4) is 0 Å². The first kappa shape index (κ1) is 9.87. The largest absolute Gasteiger partial charge is 0.398 e. The number of nitrogens with zero attached hydrogens (tertiary/aromatic N) is 1. The zero-order chi connectivity index (χ0) is 11.1. The number of fused-ring (bicyclic) bond motifs is 2. The van der Waals surface area contributed by atoms with E-state index in [2.05, 4.69) is 10.3 Å². The summed E-state index contributed by atoms with van der Waals surface area (Å²) in [5, 5.41) is 4.87. The average molecular weight is 234 g/mol. The number of rotatable bonds is 0. The summed E-state index contributed by atoms with van der Waals surface area (Å²) >= 11 is 6.17. The maximum Gasteiger partial charge on any atom is 0.0741 e. The minimum Gasteiger partial charge on any atom is -0.398 e. The van der Waals surface area contributed by atoms with Crippen LogP contribution in [0.15, 0.2) is 18.2 Å².